The van der Waals surface area contributed by atoms with Crippen molar-refractivity contribution in [2.45, 2.75) is 6.42 Å². The van der Waals surface area contributed by atoms with Crippen LogP contribution in [0.15, 0.2) is 36.4 Å². The van der Waals surface area contributed by atoms with Crippen molar-refractivity contribution in [3.05, 3.63) is 42.0 Å². The zero-order chi connectivity index (χ0) is 19.4. The Hall–Kier alpha value is -2.60. The van der Waals surface area contributed by atoms with Crippen LogP contribution in [0.3, 0.4) is 0 Å². The van der Waals surface area contributed by atoms with Crippen LogP contribution < -0.4 is 10.2 Å². The number of rotatable bonds is 7. The maximum absolute atomic E-state index is 12.8. The van der Waals surface area contributed by atoms with E-state index in [2.05, 4.69) is 5.32 Å². The summed E-state index contributed by atoms with van der Waals surface area (Å²) >= 11 is 0. The molecule has 27 heavy (non-hydrogen) atoms. The second kappa shape index (κ2) is 8.39. The third-order valence-electron chi connectivity index (χ3n) is 5.04. The van der Waals surface area contributed by atoms with Crippen LogP contribution in [0.25, 0.3) is 10.8 Å². The van der Waals surface area contributed by atoms with Gasteiger partial charge in [0.15, 0.2) is 0 Å². The number of benzene rings is 2. The molecule has 0 aliphatic carbocycles. The number of methoxy groups -OCH3 is 1. The minimum absolute atomic E-state index is 0.0979. The Labute approximate surface area is 160 Å². The van der Waals surface area contributed by atoms with E-state index in [0.717, 1.165) is 16.5 Å². The first-order chi connectivity index (χ1) is 13.0. The van der Waals surface area contributed by atoms with Crippen LogP contribution in [0.2, 0.25) is 0 Å². The number of nitrogens with zero attached hydrogens (tertiary/aromatic N) is 2. The molecule has 0 saturated carbocycles. The summed E-state index contributed by atoms with van der Waals surface area (Å²) in [7, 11) is 5.62. The highest BCUT2D eigenvalue weighted by molar-refractivity contribution is 6.10. The van der Waals surface area contributed by atoms with Gasteiger partial charge >= 0.3 is 0 Å². The average molecular weight is 369 g/mol. The minimum Gasteiger partial charge on any atom is -0.383 e. The van der Waals surface area contributed by atoms with Crippen LogP contribution in [-0.2, 0) is 9.53 Å². The van der Waals surface area contributed by atoms with Gasteiger partial charge < -0.3 is 19.9 Å². The molecule has 3 rings (SSSR count). The molecule has 2 aromatic carbocycles. The van der Waals surface area contributed by atoms with E-state index < -0.39 is 0 Å². The number of hydrogen-bond donors (Lipinski definition) is 1. The zero-order valence-electron chi connectivity index (χ0n) is 16.2. The largest absolute Gasteiger partial charge is 0.383 e. The van der Waals surface area contributed by atoms with Crippen molar-refractivity contribution in [1.29, 1.82) is 0 Å². The molecular formula is C21H27N3O3. The summed E-state index contributed by atoms with van der Waals surface area (Å²) < 4.78 is 5.04. The number of anilines is 1. The molecule has 0 bridgehead atoms. The molecule has 6 nitrogen and oxygen atoms in total. The van der Waals surface area contributed by atoms with Crippen LogP contribution in [0.5, 0.6) is 0 Å². The van der Waals surface area contributed by atoms with Crippen LogP contribution in [0.1, 0.15) is 16.8 Å². The van der Waals surface area contributed by atoms with E-state index >= 15 is 0 Å². The molecule has 1 heterocycles. The summed E-state index contributed by atoms with van der Waals surface area (Å²) in [6.07, 6.45) is 0.476. The molecule has 1 unspecified atom stereocenters. The van der Waals surface area contributed by atoms with Crippen molar-refractivity contribution in [2.75, 3.05) is 52.3 Å². The highest BCUT2D eigenvalue weighted by atomic mass is 16.5. The number of carbonyl (C=O) groups excluding carboxylic acids is 2. The minimum atomic E-state index is -0.0979. The summed E-state index contributed by atoms with van der Waals surface area (Å²) in [5.41, 5.74) is 1.74. The molecule has 1 aliphatic heterocycles. The maximum Gasteiger partial charge on any atom is 0.251 e. The number of amides is 2. The normalized spacial score (nSPS) is 16.8. The van der Waals surface area contributed by atoms with Gasteiger partial charge in [0.2, 0.25) is 5.91 Å². The van der Waals surface area contributed by atoms with Gasteiger partial charge in [-0.15, -0.1) is 0 Å². The summed E-state index contributed by atoms with van der Waals surface area (Å²) in [5.74, 6) is 0.178. The van der Waals surface area contributed by atoms with E-state index in [1.807, 2.05) is 60.3 Å². The molecule has 2 amide bonds. The highest BCUT2D eigenvalue weighted by Crippen LogP contribution is 2.28. The predicted octanol–water partition coefficient (Wildman–Crippen LogP) is 2.13. The van der Waals surface area contributed by atoms with Crippen molar-refractivity contribution in [2.24, 2.45) is 5.92 Å². The lowest BCUT2D eigenvalue weighted by molar-refractivity contribution is -0.128. The molecular weight excluding hydrogens is 342 g/mol. The standard InChI is InChI=1S/C21H27N3O3/c1-23(2)19-9-8-18(16-6-4-5-7-17(16)19)21(26)22-13-15-12-20(25)24(14-15)10-11-27-3/h4-9,15H,10-14H2,1-3H3,(H,22,26). The van der Waals surface area contributed by atoms with Crippen LogP contribution in [0, 0.1) is 5.92 Å². The van der Waals surface area contributed by atoms with Gasteiger partial charge in [-0.25, -0.2) is 0 Å². The average Bonchev–Trinajstić information content (AvgIpc) is 3.03. The lowest BCUT2D eigenvalue weighted by Gasteiger charge is -2.18. The van der Waals surface area contributed by atoms with Gasteiger partial charge in [-0.1, -0.05) is 24.3 Å². The van der Waals surface area contributed by atoms with Gasteiger partial charge in [0.05, 0.1) is 6.61 Å². The first-order valence-electron chi connectivity index (χ1n) is 9.25. The van der Waals surface area contributed by atoms with Gasteiger partial charge in [-0.2, -0.15) is 0 Å². The van der Waals surface area contributed by atoms with E-state index in [1.54, 1.807) is 7.11 Å². The Morgan fingerprint density at radius 2 is 1.96 bits per heavy atom. The number of likely N-dealkylation sites (tertiary alicyclic amines) is 1. The molecule has 144 valence electrons. The molecule has 2 aromatic rings. The van der Waals surface area contributed by atoms with E-state index in [0.29, 0.717) is 38.2 Å². The quantitative estimate of drug-likeness (QED) is 0.812. The molecule has 1 fully saturated rings. The number of hydrogen-bond acceptors (Lipinski definition) is 4. The fourth-order valence-corrected chi connectivity index (χ4v) is 3.61. The second-order valence-electron chi connectivity index (χ2n) is 7.18. The third-order valence-corrected chi connectivity index (χ3v) is 5.04. The highest BCUT2D eigenvalue weighted by Gasteiger charge is 2.29. The Balaban J connectivity index is 1.69. The Bertz CT molecular complexity index is 835. The van der Waals surface area contributed by atoms with Crippen LogP contribution >= 0.6 is 0 Å². The van der Waals surface area contributed by atoms with Crippen molar-refractivity contribution in [3.8, 4) is 0 Å². The SMILES string of the molecule is COCCN1CC(CNC(=O)c2ccc(N(C)C)c3ccccc23)CC1=O. The maximum atomic E-state index is 12.8. The van der Waals surface area contributed by atoms with Gasteiger partial charge in [0.1, 0.15) is 0 Å². The first-order valence-corrected chi connectivity index (χ1v) is 9.25. The van der Waals surface area contributed by atoms with Crippen LogP contribution in [-0.4, -0.2) is 64.2 Å². The monoisotopic (exact) mass is 369 g/mol. The number of fused-ring (bicyclic) bond motifs is 1. The van der Waals surface area contributed by atoms with Gasteiger partial charge in [0.25, 0.3) is 5.91 Å². The third kappa shape index (κ3) is 4.22. The van der Waals surface area contributed by atoms with Crippen molar-refractivity contribution in [3.63, 3.8) is 0 Å². The topological polar surface area (TPSA) is 61.9 Å². The van der Waals surface area contributed by atoms with Crippen molar-refractivity contribution < 1.29 is 14.3 Å². The Kier molecular flexibility index (Phi) is 5.96. The van der Waals surface area contributed by atoms with E-state index in [-0.39, 0.29) is 17.7 Å². The molecule has 1 N–H and O–H groups in total. The molecule has 6 heteroatoms. The first kappa shape index (κ1) is 19.2. The number of carbonyl (C=O) groups is 2. The molecule has 0 radical (unpaired) electrons. The molecule has 0 aromatic heterocycles. The summed E-state index contributed by atoms with van der Waals surface area (Å²) in [4.78, 5) is 28.7. The lowest BCUT2D eigenvalue weighted by Crippen LogP contribution is -2.32. The van der Waals surface area contributed by atoms with E-state index in [9.17, 15) is 9.59 Å². The van der Waals surface area contributed by atoms with Gasteiger partial charge in [0, 0.05) is 69.8 Å². The second-order valence-corrected chi connectivity index (χ2v) is 7.18. The Morgan fingerprint density at radius 1 is 1.22 bits per heavy atom. The predicted molar refractivity (Wildman–Crippen MR) is 107 cm³/mol. The molecule has 1 aliphatic rings. The van der Waals surface area contributed by atoms with Crippen LogP contribution in [0.4, 0.5) is 5.69 Å². The number of ether oxygens (including phenoxy) is 1. The van der Waals surface area contributed by atoms with E-state index in [4.69, 9.17) is 4.74 Å². The van der Waals surface area contributed by atoms with Gasteiger partial charge in [-0.05, 0) is 17.5 Å². The molecule has 0 spiro atoms. The van der Waals surface area contributed by atoms with Crippen molar-refractivity contribution >= 4 is 28.3 Å². The summed E-state index contributed by atoms with van der Waals surface area (Å²) in [5, 5.41) is 5.00. The zero-order valence-corrected chi connectivity index (χ0v) is 16.2. The summed E-state index contributed by atoms with van der Waals surface area (Å²) in [6, 6.07) is 11.8. The smallest absolute Gasteiger partial charge is 0.251 e. The van der Waals surface area contributed by atoms with Gasteiger partial charge in [-0.3, -0.25) is 9.59 Å². The molecule has 1 saturated heterocycles. The fourth-order valence-electron chi connectivity index (χ4n) is 3.61. The lowest BCUT2D eigenvalue weighted by atomic mass is 10.0. The van der Waals surface area contributed by atoms with Crippen molar-refractivity contribution in [1.82, 2.24) is 10.2 Å². The fraction of sp³-hybridized carbons (Fsp3) is 0.429. The Morgan fingerprint density at radius 3 is 2.67 bits per heavy atom. The number of nitrogens with one attached hydrogen (secondary N) is 1. The summed E-state index contributed by atoms with van der Waals surface area (Å²) in [6.45, 7) is 2.31. The molecule has 1 atom stereocenters. The van der Waals surface area contributed by atoms with E-state index in [1.165, 1.54) is 0 Å².